The number of hydrogen-bond acceptors (Lipinski definition) is 18. The molecule has 7 rings (SSSR count). The lowest BCUT2D eigenvalue weighted by Crippen LogP contribution is -2.35. The summed E-state index contributed by atoms with van der Waals surface area (Å²) in [5.74, 6) is 0.130. The van der Waals surface area contributed by atoms with E-state index in [4.69, 9.17) is 43.6 Å². The van der Waals surface area contributed by atoms with Gasteiger partial charge in [0.15, 0.2) is 41.6 Å². The fraction of sp³-hybridized carbons (Fsp3) is 0.524. The molecule has 3 aliphatic rings. The summed E-state index contributed by atoms with van der Waals surface area (Å²) in [7, 11) is -3.54. The molecule has 0 aliphatic carbocycles. The average Bonchev–Trinajstić information content (AvgIpc) is 3.77. The Morgan fingerprint density at radius 2 is 1.47 bits per heavy atom. The van der Waals surface area contributed by atoms with E-state index < -0.39 is 77.0 Å². The molecule has 7 heterocycles. The van der Waals surface area contributed by atoms with Crippen molar-refractivity contribution < 1.29 is 50.7 Å². The number of alkyl halides is 1. The van der Waals surface area contributed by atoms with Crippen molar-refractivity contribution >= 4 is 60.8 Å². The highest BCUT2D eigenvalue weighted by atomic mass is 32.7. The van der Waals surface area contributed by atoms with Crippen LogP contribution in [-0.4, -0.2) is 101 Å². The maximum absolute atomic E-state index is 16.1. The molecular weight excluding hydrogens is 665 g/mol. The number of phosphoric ester groups is 1. The van der Waals surface area contributed by atoms with Gasteiger partial charge in [-0.05, 0) is 0 Å². The number of ether oxygens (including phenoxy) is 2. The third-order valence-electron chi connectivity index (χ3n) is 7.43. The summed E-state index contributed by atoms with van der Waals surface area (Å²) in [5.41, 5.74) is 12.5. The Hall–Kier alpha value is -2.88. The first-order chi connectivity index (χ1) is 21.5. The van der Waals surface area contributed by atoms with Crippen molar-refractivity contribution in [3.63, 3.8) is 0 Å². The molecule has 242 valence electrons. The van der Waals surface area contributed by atoms with Crippen molar-refractivity contribution in [3.8, 4) is 0 Å². The second-order valence-electron chi connectivity index (χ2n) is 10.1. The number of hydrogen-bond donors (Lipinski definition) is 4. The smallest absolute Gasteiger partial charge is 0.387 e. The summed E-state index contributed by atoms with van der Waals surface area (Å²) in [6, 6.07) is 0. The number of aliphatic hydroxyl groups excluding tert-OH is 1. The number of phosphoric acid groups is 1. The minimum absolute atomic E-state index is 0.0525. The largest absolute Gasteiger partial charge is 0.475 e. The number of nitrogens with two attached hydrogens (primary N) is 2. The van der Waals surface area contributed by atoms with Crippen LogP contribution >= 0.6 is 26.9 Å². The second kappa shape index (κ2) is 11.4. The summed E-state index contributed by atoms with van der Waals surface area (Å²) in [4.78, 5) is 24.3. The molecule has 3 saturated heterocycles. The van der Waals surface area contributed by atoms with Crippen LogP contribution in [0.25, 0.3) is 22.3 Å². The van der Waals surface area contributed by atoms with Crippen molar-refractivity contribution in [3.05, 3.63) is 25.3 Å². The van der Waals surface area contributed by atoms with Crippen LogP contribution in [0.5, 0.6) is 0 Å². The number of nitrogens with zero attached hydrogens (tertiary/aromatic N) is 8. The number of thiol groups is 1. The highest BCUT2D eigenvalue weighted by Crippen LogP contribution is 2.59. The summed E-state index contributed by atoms with van der Waals surface area (Å²) in [6.45, 7) is -5.62. The van der Waals surface area contributed by atoms with Crippen LogP contribution in [0.2, 0.25) is 0 Å². The molecule has 4 aromatic heterocycles. The topological polar surface area (TPSA) is 258 Å². The predicted octanol–water partition coefficient (Wildman–Crippen LogP) is 0.934. The molecule has 10 atom stereocenters. The molecule has 45 heavy (non-hydrogen) atoms. The Labute approximate surface area is 256 Å². The Bertz CT molecular complexity index is 1850. The van der Waals surface area contributed by atoms with Crippen LogP contribution in [0.4, 0.5) is 16.0 Å². The maximum Gasteiger partial charge on any atom is 0.475 e. The highest BCUT2D eigenvalue weighted by Gasteiger charge is 2.54. The SMILES string of the molecule is COP1(=O)OC[C@H]2O[C@@H](n3cnc4c(N)ncnc43)[C@@H](O[P@@](=O)(S)OC[C@H]3O[C@@H](n4cnc5c(N)ncnc54)[C@@H](F)C3O1)C2O. The maximum atomic E-state index is 16.1. The predicted molar refractivity (Wildman–Crippen MR) is 151 cm³/mol. The van der Waals surface area contributed by atoms with Crippen molar-refractivity contribution in [2.75, 3.05) is 31.8 Å². The van der Waals surface area contributed by atoms with Gasteiger partial charge in [-0.3, -0.25) is 31.8 Å². The van der Waals surface area contributed by atoms with Crippen LogP contribution in [0, 0.1) is 0 Å². The average molecular weight is 691 g/mol. The lowest BCUT2D eigenvalue weighted by Gasteiger charge is -2.26. The van der Waals surface area contributed by atoms with Gasteiger partial charge in [0.1, 0.15) is 54.2 Å². The van der Waals surface area contributed by atoms with Crippen molar-refractivity contribution in [2.45, 2.75) is 49.1 Å². The molecule has 5 N–H and O–H groups in total. The monoisotopic (exact) mass is 690 g/mol. The van der Waals surface area contributed by atoms with Gasteiger partial charge in [-0.1, -0.05) is 12.2 Å². The van der Waals surface area contributed by atoms with Gasteiger partial charge < -0.3 is 26.0 Å². The summed E-state index contributed by atoms with van der Waals surface area (Å²) < 4.78 is 85.0. The van der Waals surface area contributed by atoms with E-state index in [0.29, 0.717) is 0 Å². The molecule has 0 saturated carbocycles. The Balaban J connectivity index is 1.22. The van der Waals surface area contributed by atoms with E-state index in [1.165, 1.54) is 34.4 Å². The molecule has 0 amide bonds. The van der Waals surface area contributed by atoms with Crippen LogP contribution in [0.3, 0.4) is 0 Å². The van der Waals surface area contributed by atoms with Gasteiger partial charge in [-0.25, -0.2) is 43.4 Å². The van der Waals surface area contributed by atoms with Gasteiger partial charge >= 0.3 is 14.6 Å². The van der Waals surface area contributed by atoms with Gasteiger partial charge in [0.2, 0.25) is 0 Å². The molecule has 2 bridgehead atoms. The third-order valence-corrected chi connectivity index (χ3v) is 10.5. The number of anilines is 2. The molecule has 24 heteroatoms. The van der Waals surface area contributed by atoms with E-state index >= 15 is 4.39 Å². The van der Waals surface area contributed by atoms with E-state index in [1.54, 1.807) is 0 Å². The van der Waals surface area contributed by atoms with Gasteiger partial charge in [-0.15, -0.1) is 0 Å². The zero-order chi connectivity index (χ0) is 31.7. The minimum atomic E-state index is -4.57. The number of fused-ring (bicyclic) bond motifs is 5. The third kappa shape index (κ3) is 5.38. The van der Waals surface area contributed by atoms with Gasteiger partial charge in [0, 0.05) is 7.11 Å². The molecule has 4 aromatic rings. The number of aliphatic hydroxyl groups is 1. The fourth-order valence-electron chi connectivity index (χ4n) is 5.28. The number of aromatic nitrogens is 8. The molecule has 3 fully saturated rings. The molecule has 20 nitrogen and oxygen atoms in total. The second-order valence-corrected chi connectivity index (χ2v) is 14.7. The van der Waals surface area contributed by atoms with E-state index in [-0.39, 0.29) is 34.0 Å². The highest BCUT2D eigenvalue weighted by molar-refractivity contribution is 8.44. The molecule has 0 spiro atoms. The van der Waals surface area contributed by atoms with Gasteiger partial charge in [0.05, 0.1) is 25.9 Å². The zero-order valence-electron chi connectivity index (χ0n) is 22.9. The Morgan fingerprint density at radius 1 is 0.889 bits per heavy atom. The van der Waals surface area contributed by atoms with Crippen molar-refractivity contribution in [1.29, 1.82) is 0 Å². The first kappa shape index (κ1) is 30.8. The summed E-state index contributed by atoms with van der Waals surface area (Å²) in [5, 5.41) is 11.2. The van der Waals surface area contributed by atoms with Crippen LogP contribution in [0.1, 0.15) is 12.5 Å². The number of nitrogen functional groups attached to an aromatic ring is 2. The van der Waals surface area contributed by atoms with Gasteiger partial charge in [0.25, 0.3) is 0 Å². The lowest BCUT2D eigenvalue weighted by molar-refractivity contribution is -0.0629. The Morgan fingerprint density at radius 3 is 2.09 bits per heavy atom. The first-order valence-corrected chi connectivity index (χ1v) is 17.3. The summed E-state index contributed by atoms with van der Waals surface area (Å²) in [6.07, 6.45) is -7.11. The van der Waals surface area contributed by atoms with E-state index in [1.807, 2.05) is 0 Å². The van der Waals surface area contributed by atoms with Crippen LogP contribution < -0.4 is 11.5 Å². The minimum Gasteiger partial charge on any atom is -0.387 e. The number of imidazole rings is 2. The number of halogens is 1. The standard InChI is InChI=1S/C21H25FN10O10P2S/c1-36-43(34)37-2-8-13(33)15(21(39-8)32-7-30-12-17(24)26-5-28-19(12)32)42-44(35,45)38-3-9-14(41-43)10(22)20(40-9)31-6-29-11-16(23)25-4-27-18(11)31/h4-10,13-15,20-21,33H,2-3H2,1H3,(H,35,45)(H2,23,25,27)(H2,24,26,28)/t8-,9-,10+,13?,14?,15+,20-,21-,43?,44+/m1/s1. The van der Waals surface area contributed by atoms with Crippen molar-refractivity contribution in [2.24, 2.45) is 0 Å². The normalized spacial score (nSPS) is 37.7. The molecule has 0 aromatic carbocycles. The lowest BCUT2D eigenvalue weighted by atomic mass is 10.1. The van der Waals surface area contributed by atoms with E-state index in [0.717, 1.165) is 7.11 Å². The van der Waals surface area contributed by atoms with Gasteiger partial charge in [-0.2, -0.15) is 0 Å². The van der Waals surface area contributed by atoms with Crippen molar-refractivity contribution in [1.82, 2.24) is 39.0 Å². The molecule has 3 aliphatic heterocycles. The molecule has 3 unspecified atom stereocenters. The summed E-state index contributed by atoms with van der Waals surface area (Å²) >= 11 is 4.08. The Kier molecular flexibility index (Phi) is 7.81. The first-order valence-electron chi connectivity index (χ1n) is 13.1. The molecular formula is C21H25FN10O10P2S. The van der Waals surface area contributed by atoms with E-state index in [2.05, 4.69) is 42.2 Å². The van der Waals surface area contributed by atoms with Crippen LogP contribution in [-0.2, 0) is 41.2 Å². The quantitative estimate of drug-likeness (QED) is 0.172. The van der Waals surface area contributed by atoms with Crippen LogP contribution in [0.15, 0.2) is 25.3 Å². The van der Waals surface area contributed by atoms with E-state index in [9.17, 15) is 14.2 Å². The zero-order valence-corrected chi connectivity index (χ0v) is 25.6. The fourth-order valence-corrected chi connectivity index (χ4v) is 7.87. The number of rotatable bonds is 3. The molecule has 0 radical (unpaired) electrons.